The van der Waals surface area contributed by atoms with Gasteiger partial charge in [0.15, 0.2) is 0 Å². The van der Waals surface area contributed by atoms with E-state index in [4.69, 9.17) is 4.74 Å². The van der Waals surface area contributed by atoms with Gasteiger partial charge in [-0.1, -0.05) is 37.3 Å². The van der Waals surface area contributed by atoms with E-state index in [-0.39, 0.29) is 29.3 Å². The van der Waals surface area contributed by atoms with Crippen molar-refractivity contribution in [3.05, 3.63) is 60.2 Å². The highest BCUT2D eigenvalue weighted by Gasteiger charge is 2.33. The first-order valence-electron chi connectivity index (χ1n) is 9.95. The van der Waals surface area contributed by atoms with E-state index in [1.807, 2.05) is 37.3 Å². The predicted molar refractivity (Wildman–Crippen MR) is 112 cm³/mol. The molecule has 1 aliphatic heterocycles. The third-order valence-corrected chi connectivity index (χ3v) is 7.26. The summed E-state index contributed by atoms with van der Waals surface area (Å²) >= 11 is 0. The van der Waals surface area contributed by atoms with Crippen LogP contribution in [0, 0.1) is 5.92 Å². The fourth-order valence-electron chi connectivity index (χ4n) is 3.67. The maximum absolute atomic E-state index is 13.0. The SMILES string of the molecule is CC[C@@H](NC(=O)[C@H]1CCCN(S(=O)(=O)c2ccc(OC)cc2)C1)c1ccccc1. The normalized spacial score (nSPS) is 18.8. The molecule has 0 saturated carbocycles. The Balaban J connectivity index is 1.69. The molecular formula is C22H28N2O4S. The van der Waals surface area contributed by atoms with Crippen LogP contribution in [0.15, 0.2) is 59.5 Å². The van der Waals surface area contributed by atoms with Gasteiger partial charge in [-0.3, -0.25) is 4.79 Å². The van der Waals surface area contributed by atoms with E-state index in [1.54, 1.807) is 24.3 Å². The largest absolute Gasteiger partial charge is 0.497 e. The highest BCUT2D eigenvalue weighted by atomic mass is 32.2. The fraction of sp³-hybridized carbons (Fsp3) is 0.409. The molecule has 3 rings (SSSR count). The number of sulfonamides is 1. The van der Waals surface area contributed by atoms with E-state index >= 15 is 0 Å². The topological polar surface area (TPSA) is 75.7 Å². The summed E-state index contributed by atoms with van der Waals surface area (Å²) in [6.07, 6.45) is 2.12. The number of methoxy groups -OCH3 is 1. The first-order valence-corrected chi connectivity index (χ1v) is 11.4. The van der Waals surface area contributed by atoms with Crippen LogP contribution in [-0.4, -0.2) is 38.8 Å². The van der Waals surface area contributed by atoms with Crippen LogP contribution in [0.2, 0.25) is 0 Å². The standard InChI is InChI=1S/C22H28N2O4S/c1-3-21(17-8-5-4-6-9-17)23-22(25)18-10-7-15-24(16-18)29(26,27)20-13-11-19(28-2)12-14-20/h4-6,8-9,11-14,18,21H,3,7,10,15-16H2,1-2H3,(H,23,25)/t18-,21+/m0/s1. The average Bonchev–Trinajstić information content (AvgIpc) is 2.78. The highest BCUT2D eigenvalue weighted by molar-refractivity contribution is 7.89. The van der Waals surface area contributed by atoms with Crippen molar-refractivity contribution in [3.63, 3.8) is 0 Å². The summed E-state index contributed by atoms with van der Waals surface area (Å²) in [7, 11) is -2.10. The van der Waals surface area contributed by atoms with Crippen molar-refractivity contribution in [2.24, 2.45) is 5.92 Å². The van der Waals surface area contributed by atoms with Gasteiger partial charge in [0, 0.05) is 13.1 Å². The molecule has 6 nitrogen and oxygen atoms in total. The van der Waals surface area contributed by atoms with Crippen LogP contribution < -0.4 is 10.1 Å². The lowest BCUT2D eigenvalue weighted by atomic mass is 9.97. The van der Waals surface area contributed by atoms with Gasteiger partial charge < -0.3 is 10.1 Å². The minimum Gasteiger partial charge on any atom is -0.497 e. The van der Waals surface area contributed by atoms with Crippen molar-refractivity contribution in [1.29, 1.82) is 0 Å². The van der Waals surface area contributed by atoms with Crippen LogP contribution in [0.3, 0.4) is 0 Å². The van der Waals surface area contributed by atoms with Crippen LogP contribution in [0.1, 0.15) is 37.8 Å². The van der Waals surface area contributed by atoms with E-state index in [0.717, 1.165) is 12.0 Å². The minimum absolute atomic E-state index is 0.0720. The zero-order valence-electron chi connectivity index (χ0n) is 16.9. The molecule has 1 aliphatic rings. The third-order valence-electron chi connectivity index (χ3n) is 5.38. The Labute approximate surface area is 172 Å². The number of benzene rings is 2. The first kappa shape index (κ1) is 21.3. The third kappa shape index (κ3) is 4.97. The van der Waals surface area contributed by atoms with Gasteiger partial charge in [-0.25, -0.2) is 8.42 Å². The summed E-state index contributed by atoms with van der Waals surface area (Å²) in [6, 6.07) is 16.1. The van der Waals surface area contributed by atoms with Crippen LogP contribution in [0.4, 0.5) is 0 Å². The Kier molecular flexibility index (Phi) is 6.92. The number of carbonyl (C=O) groups is 1. The number of piperidine rings is 1. The van der Waals surface area contributed by atoms with Gasteiger partial charge in [0.25, 0.3) is 0 Å². The van der Waals surface area contributed by atoms with Crippen molar-refractivity contribution >= 4 is 15.9 Å². The van der Waals surface area contributed by atoms with Crippen molar-refractivity contribution in [2.75, 3.05) is 20.2 Å². The van der Waals surface area contributed by atoms with Gasteiger partial charge in [0.05, 0.1) is 24.0 Å². The Morgan fingerprint density at radius 1 is 1.17 bits per heavy atom. The zero-order chi connectivity index (χ0) is 20.9. The molecule has 1 heterocycles. The molecule has 1 amide bonds. The molecule has 2 aromatic carbocycles. The van der Waals surface area contributed by atoms with E-state index in [0.29, 0.717) is 25.1 Å². The molecule has 7 heteroatoms. The summed E-state index contributed by atoms with van der Waals surface area (Å²) in [5.41, 5.74) is 1.06. The number of ether oxygens (including phenoxy) is 1. The van der Waals surface area contributed by atoms with Gasteiger partial charge in [-0.2, -0.15) is 4.31 Å². The monoisotopic (exact) mass is 416 g/mol. The Hall–Kier alpha value is -2.38. The van der Waals surface area contributed by atoms with E-state index in [1.165, 1.54) is 11.4 Å². The molecule has 0 aromatic heterocycles. The maximum Gasteiger partial charge on any atom is 0.243 e. The Morgan fingerprint density at radius 2 is 1.86 bits per heavy atom. The number of nitrogens with zero attached hydrogens (tertiary/aromatic N) is 1. The molecule has 0 bridgehead atoms. The lowest BCUT2D eigenvalue weighted by Crippen LogP contribution is -2.46. The highest BCUT2D eigenvalue weighted by Crippen LogP contribution is 2.26. The maximum atomic E-state index is 13.0. The Bertz CT molecular complexity index is 914. The summed E-state index contributed by atoms with van der Waals surface area (Å²) in [6.45, 7) is 2.65. The van der Waals surface area contributed by atoms with Crippen molar-refractivity contribution < 1.29 is 17.9 Å². The van der Waals surface area contributed by atoms with Crippen molar-refractivity contribution in [2.45, 2.75) is 37.1 Å². The fourth-order valence-corrected chi connectivity index (χ4v) is 5.19. The second-order valence-corrected chi connectivity index (χ2v) is 9.20. The van der Waals surface area contributed by atoms with Crippen LogP contribution in [-0.2, 0) is 14.8 Å². The summed E-state index contributed by atoms with van der Waals surface area (Å²) in [5.74, 6) is 0.163. The first-order chi connectivity index (χ1) is 14.0. The van der Waals surface area contributed by atoms with Gasteiger partial charge in [-0.15, -0.1) is 0 Å². The van der Waals surface area contributed by atoms with Gasteiger partial charge in [-0.05, 0) is 49.1 Å². The van der Waals surface area contributed by atoms with Crippen molar-refractivity contribution in [1.82, 2.24) is 9.62 Å². The minimum atomic E-state index is -3.64. The van der Waals surface area contributed by atoms with Crippen molar-refractivity contribution in [3.8, 4) is 5.75 Å². The quantitative estimate of drug-likeness (QED) is 0.751. The van der Waals surface area contributed by atoms with E-state index in [9.17, 15) is 13.2 Å². The summed E-state index contributed by atoms with van der Waals surface area (Å²) in [4.78, 5) is 13.1. The summed E-state index contributed by atoms with van der Waals surface area (Å²) < 4.78 is 32.5. The number of carbonyl (C=O) groups excluding carboxylic acids is 1. The van der Waals surface area contributed by atoms with Crippen LogP contribution in [0.25, 0.3) is 0 Å². The van der Waals surface area contributed by atoms with Gasteiger partial charge in [0.1, 0.15) is 5.75 Å². The number of amides is 1. The van der Waals surface area contributed by atoms with Gasteiger partial charge in [0.2, 0.25) is 15.9 Å². The zero-order valence-corrected chi connectivity index (χ0v) is 17.7. The predicted octanol–water partition coefficient (Wildman–Crippen LogP) is 3.36. The number of hydrogen-bond acceptors (Lipinski definition) is 4. The number of rotatable bonds is 7. The smallest absolute Gasteiger partial charge is 0.243 e. The molecule has 1 saturated heterocycles. The molecule has 1 fully saturated rings. The molecule has 156 valence electrons. The average molecular weight is 417 g/mol. The molecular weight excluding hydrogens is 388 g/mol. The second-order valence-electron chi connectivity index (χ2n) is 7.26. The van der Waals surface area contributed by atoms with E-state index in [2.05, 4.69) is 5.32 Å². The molecule has 0 unspecified atom stereocenters. The lowest BCUT2D eigenvalue weighted by molar-refractivity contribution is -0.126. The molecule has 0 radical (unpaired) electrons. The van der Waals surface area contributed by atoms with Crippen LogP contribution in [0.5, 0.6) is 5.75 Å². The van der Waals surface area contributed by atoms with Crippen LogP contribution >= 0.6 is 0 Å². The molecule has 2 aromatic rings. The number of nitrogens with one attached hydrogen (secondary N) is 1. The molecule has 0 spiro atoms. The number of hydrogen-bond donors (Lipinski definition) is 1. The molecule has 29 heavy (non-hydrogen) atoms. The molecule has 2 atom stereocenters. The van der Waals surface area contributed by atoms with E-state index < -0.39 is 10.0 Å². The summed E-state index contributed by atoms with van der Waals surface area (Å²) in [5, 5.41) is 3.10. The van der Waals surface area contributed by atoms with Gasteiger partial charge >= 0.3 is 0 Å². The molecule has 0 aliphatic carbocycles. The Morgan fingerprint density at radius 3 is 2.48 bits per heavy atom. The molecule has 1 N–H and O–H groups in total. The second kappa shape index (κ2) is 9.41. The lowest BCUT2D eigenvalue weighted by Gasteiger charge is -2.32.